The zero-order valence-corrected chi connectivity index (χ0v) is 27.5. The summed E-state index contributed by atoms with van der Waals surface area (Å²) in [5, 5.41) is 10.4. The highest BCUT2D eigenvalue weighted by Gasteiger charge is 2.15. The molecule has 0 amide bonds. The van der Waals surface area contributed by atoms with Gasteiger partial charge in [0, 0.05) is 22.5 Å². The molecule has 3 aromatic carbocycles. The molecule has 3 N–H and O–H groups in total. The third kappa shape index (κ3) is 7.99. The number of hydrogen-bond donors (Lipinski definition) is 3. The summed E-state index contributed by atoms with van der Waals surface area (Å²) in [5.74, 6) is 3.19. The number of thiazole rings is 1. The number of carbonyl (C=O) groups excluding carboxylic acids is 1. The number of furan rings is 1. The van der Waals surface area contributed by atoms with Crippen molar-refractivity contribution in [3.05, 3.63) is 84.6 Å². The van der Waals surface area contributed by atoms with E-state index in [9.17, 15) is 4.79 Å². The first-order chi connectivity index (χ1) is 23.5. The topological polar surface area (TPSA) is 146 Å². The molecular formula is C35H35N7O5S. The maximum atomic E-state index is 10.9. The fourth-order valence-corrected chi connectivity index (χ4v) is 5.71. The first-order valence-electron chi connectivity index (χ1n) is 15.6. The first-order valence-corrected chi connectivity index (χ1v) is 16.4. The number of ether oxygens (including phenoxy) is 3. The van der Waals surface area contributed by atoms with E-state index in [0.717, 1.165) is 57.1 Å². The minimum Gasteiger partial charge on any atom is -0.497 e. The molecule has 0 aliphatic carbocycles. The number of aromatic nitrogens is 4. The van der Waals surface area contributed by atoms with Crippen LogP contribution >= 0.6 is 11.3 Å². The lowest BCUT2D eigenvalue weighted by atomic mass is 10.1. The number of methoxy groups -OCH3 is 1. The standard InChI is InChI=1S/C35H35N7O5S/c1-4-6-17-45-26-13-11-25(12-14-26)37-33-39-32(40-34(41-33)42-35-38-28-16-15-27(44-3)19-31(28)48-35)36-24-9-7-22(8-10-24)30-18-23(20-46-30)29(5-2)47-21-43/h7-16,18-21,29H,4-6,17H2,1-3H3,(H3,36,37,38,39,40,41,42). The van der Waals surface area contributed by atoms with E-state index in [1.54, 1.807) is 13.4 Å². The maximum absolute atomic E-state index is 10.9. The molecule has 3 heterocycles. The highest BCUT2D eigenvalue weighted by molar-refractivity contribution is 7.22. The van der Waals surface area contributed by atoms with Crippen LogP contribution in [0.1, 0.15) is 44.8 Å². The number of nitrogens with zero attached hydrogens (tertiary/aromatic N) is 4. The Kier molecular flexibility index (Phi) is 10.3. The summed E-state index contributed by atoms with van der Waals surface area (Å²) in [6.45, 7) is 5.22. The first kappa shape index (κ1) is 32.3. The average molecular weight is 666 g/mol. The number of rotatable bonds is 16. The zero-order chi connectivity index (χ0) is 33.3. The molecule has 13 heteroatoms. The second-order valence-corrected chi connectivity index (χ2v) is 11.7. The number of unbranched alkanes of at least 4 members (excludes halogenated alkanes) is 1. The van der Waals surface area contributed by atoms with Crippen molar-refractivity contribution in [1.29, 1.82) is 0 Å². The summed E-state index contributed by atoms with van der Waals surface area (Å²) in [5.41, 5.74) is 4.05. The molecule has 0 spiro atoms. The van der Waals surface area contributed by atoms with E-state index in [-0.39, 0.29) is 6.10 Å². The van der Waals surface area contributed by atoms with E-state index >= 15 is 0 Å². The Hall–Kier alpha value is -5.69. The molecule has 1 atom stereocenters. The summed E-state index contributed by atoms with van der Waals surface area (Å²) < 4.78 is 23.1. The minimum atomic E-state index is -0.349. The van der Waals surface area contributed by atoms with Crippen LogP contribution in [0.2, 0.25) is 0 Å². The van der Waals surface area contributed by atoms with Gasteiger partial charge in [-0.05, 0) is 85.6 Å². The van der Waals surface area contributed by atoms with Gasteiger partial charge in [-0.2, -0.15) is 15.0 Å². The number of hydrogen-bond acceptors (Lipinski definition) is 13. The van der Waals surface area contributed by atoms with Crippen molar-refractivity contribution in [3.63, 3.8) is 0 Å². The third-order valence-corrected chi connectivity index (χ3v) is 8.27. The Labute approximate surface area is 281 Å². The van der Waals surface area contributed by atoms with Crippen molar-refractivity contribution in [2.24, 2.45) is 0 Å². The van der Waals surface area contributed by atoms with Gasteiger partial charge in [-0.1, -0.05) is 31.6 Å². The SMILES string of the molecule is CCCCOc1ccc(Nc2nc(Nc3ccc(-c4cc(C(CC)OC=O)co4)cc3)nc(Nc3nc4ccc(OC)cc4s3)n2)cc1. The zero-order valence-electron chi connectivity index (χ0n) is 26.7. The Bertz CT molecular complexity index is 1960. The molecule has 0 fully saturated rings. The predicted molar refractivity (Wildman–Crippen MR) is 187 cm³/mol. The van der Waals surface area contributed by atoms with E-state index in [2.05, 4.69) is 42.8 Å². The van der Waals surface area contributed by atoms with Gasteiger partial charge in [0.25, 0.3) is 6.47 Å². The van der Waals surface area contributed by atoms with Crippen LogP contribution in [0.15, 0.2) is 83.5 Å². The number of fused-ring (bicyclic) bond motifs is 1. The van der Waals surface area contributed by atoms with Crippen LogP contribution in [0, 0.1) is 0 Å². The lowest BCUT2D eigenvalue weighted by molar-refractivity contribution is -0.134. The quantitative estimate of drug-likeness (QED) is 0.0671. The van der Waals surface area contributed by atoms with E-state index in [1.165, 1.54) is 11.3 Å². The summed E-state index contributed by atoms with van der Waals surface area (Å²) in [7, 11) is 1.64. The van der Waals surface area contributed by atoms with Gasteiger partial charge in [-0.15, -0.1) is 0 Å². The summed E-state index contributed by atoms with van der Waals surface area (Å²) in [4.78, 5) is 29.4. The Morgan fingerprint density at radius 2 is 1.50 bits per heavy atom. The molecule has 246 valence electrons. The third-order valence-electron chi connectivity index (χ3n) is 7.33. The largest absolute Gasteiger partial charge is 0.497 e. The molecule has 6 rings (SSSR count). The van der Waals surface area contributed by atoms with Crippen LogP contribution in [-0.2, 0) is 9.53 Å². The van der Waals surface area contributed by atoms with Crippen LogP contribution in [0.5, 0.6) is 11.5 Å². The highest BCUT2D eigenvalue weighted by Crippen LogP contribution is 2.32. The van der Waals surface area contributed by atoms with Crippen molar-refractivity contribution in [2.45, 2.75) is 39.2 Å². The second-order valence-electron chi connectivity index (χ2n) is 10.7. The molecule has 12 nitrogen and oxygen atoms in total. The molecule has 48 heavy (non-hydrogen) atoms. The smallest absolute Gasteiger partial charge is 0.293 e. The van der Waals surface area contributed by atoms with E-state index in [0.29, 0.717) is 48.2 Å². The number of nitrogens with one attached hydrogen (secondary N) is 3. The van der Waals surface area contributed by atoms with Gasteiger partial charge in [0.1, 0.15) is 23.4 Å². The number of carbonyl (C=O) groups is 1. The molecule has 6 aromatic rings. The van der Waals surface area contributed by atoms with Crippen LogP contribution in [0.25, 0.3) is 21.5 Å². The van der Waals surface area contributed by atoms with Crippen molar-refractivity contribution < 1.29 is 23.4 Å². The summed E-state index contributed by atoms with van der Waals surface area (Å²) in [6, 6.07) is 22.9. The molecule has 0 bridgehead atoms. The summed E-state index contributed by atoms with van der Waals surface area (Å²) in [6.07, 6.45) is 3.99. The van der Waals surface area contributed by atoms with Gasteiger partial charge in [0.15, 0.2) is 5.13 Å². The molecule has 1 unspecified atom stereocenters. The molecular weight excluding hydrogens is 630 g/mol. The lowest BCUT2D eigenvalue weighted by Gasteiger charge is -2.11. The van der Waals surface area contributed by atoms with Crippen LogP contribution < -0.4 is 25.4 Å². The Morgan fingerprint density at radius 3 is 2.15 bits per heavy atom. The van der Waals surface area contributed by atoms with Crippen LogP contribution in [0.4, 0.5) is 34.4 Å². The van der Waals surface area contributed by atoms with E-state index in [1.807, 2.05) is 79.7 Å². The molecule has 0 aliphatic rings. The van der Waals surface area contributed by atoms with Gasteiger partial charge in [0.05, 0.1) is 30.2 Å². The average Bonchev–Trinajstić information content (AvgIpc) is 3.75. The highest BCUT2D eigenvalue weighted by atomic mass is 32.1. The normalized spacial score (nSPS) is 11.6. The van der Waals surface area contributed by atoms with Crippen LogP contribution in [-0.4, -0.2) is 40.1 Å². The van der Waals surface area contributed by atoms with Crippen molar-refractivity contribution in [1.82, 2.24) is 19.9 Å². The molecule has 0 saturated carbocycles. The fourth-order valence-electron chi connectivity index (χ4n) is 4.82. The molecule has 3 aromatic heterocycles. The number of benzene rings is 3. The van der Waals surface area contributed by atoms with Gasteiger partial charge in [-0.25, -0.2) is 4.98 Å². The lowest BCUT2D eigenvalue weighted by Crippen LogP contribution is -2.07. The Morgan fingerprint density at radius 1 is 0.833 bits per heavy atom. The van der Waals surface area contributed by atoms with E-state index in [4.69, 9.17) is 18.6 Å². The van der Waals surface area contributed by atoms with Gasteiger partial charge in [-0.3, -0.25) is 10.1 Å². The second kappa shape index (κ2) is 15.3. The Balaban J connectivity index is 1.23. The minimum absolute atomic E-state index is 0.309. The molecule has 0 saturated heterocycles. The molecule has 0 aliphatic heterocycles. The fraction of sp³-hybridized carbons (Fsp3) is 0.229. The van der Waals surface area contributed by atoms with Gasteiger partial charge in [0.2, 0.25) is 17.8 Å². The monoisotopic (exact) mass is 665 g/mol. The van der Waals surface area contributed by atoms with Crippen LogP contribution in [0.3, 0.4) is 0 Å². The molecule has 0 radical (unpaired) electrons. The van der Waals surface area contributed by atoms with Gasteiger partial charge < -0.3 is 29.3 Å². The van der Waals surface area contributed by atoms with Crippen molar-refractivity contribution in [2.75, 3.05) is 29.7 Å². The van der Waals surface area contributed by atoms with Crippen molar-refractivity contribution in [3.8, 4) is 22.8 Å². The maximum Gasteiger partial charge on any atom is 0.293 e. The van der Waals surface area contributed by atoms with E-state index < -0.39 is 0 Å². The van der Waals surface area contributed by atoms with Crippen molar-refractivity contribution >= 4 is 62.4 Å². The predicted octanol–water partition coefficient (Wildman–Crippen LogP) is 8.78. The van der Waals surface area contributed by atoms with Gasteiger partial charge >= 0.3 is 0 Å². The summed E-state index contributed by atoms with van der Waals surface area (Å²) >= 11 is 1.47. The number of anilines is 6.